The molecule has 0 unspecified atom stereocenters. The summed E-state index contributed by atoms with van der Waals surface area (Å²) in [6, 6.07) is 0. The second-order valence-electron chi connectivity index (χ2n) is 2.73. The lowest BCUT2D eigenvalue weighted by Gasteiger charge is -2.03. The van der Waals surface area contributed by atoms with Gasteiger partial charge in [-0.1, -0.05) is 0 Å². The average molecular weight is 202 g/mol. The Kier molecular flexibility index (Phi) is 6.39. The third kappa shape index (κ3) is 6.19. The third-order valence-electron chi connectivity index (χ3n) is 1.45. The van der Waals surface area contributed by atoms with Crippen molar-refractivity contribution in [2.24, 2.45) is 0 Å². The zero-order valence-electron chi connectivity index (χ0n) is 8.02. The van der Waals surface area contributed by atoms with Gasteiger partial charge in [-0.15, -0.1) is 0 Å². The van der Waals surface area contributed by atoms with Crippen molar-refractivity contribution in [1.29, 1.82) is 0 Å². The molecule has 14 heavy (non-hydrogen) atoms. The Morgan fingerprint density at radius 3 is 2.50 bits per heavy atom. The number of rotatable bonds is 6. The van der Waals surface area contributed by atoms with Gasteiger partial charge in [-0.05, 0) is 19.8 Å². The summed E-state index contributed by atoms with van der Waals surface area (Å²) in [5, 5.41) is 16.8. The van der Waals surface area contributed by atoms with Crippen LogP contribution in [0, 0.1) is 0 Å². The Labute approximate surface area is 82.0 Å². The van der Waals surface area contributed by atoms with Gasteiger partial charge in [-0.25, -0.2) is 9.59 Å². The first kappa shape index (κ1) is 12.6. The van der Waals surface area contributed by atoms with Crippen LogP contribution in [0.1, 0.15) is 19.8 Å². The number of carboxylic acids is 1. The lowest BCUT2D eigenvalue weighted by molar-refractivity contribution is -0.140. The van der Waals surface area contributed by atoms with Gasteiger partial charge >= 0.3 is 11.9 Å². The molecule has 80 valence electrons. The van der Waals surface area contributed by atoms with Crippen LogP contribution in [0.5, 0.6) is 0 Å². The number of carbonyl (C=O) groups excluding carboxylic acids is 1. The number of ether oxygens (including phenoxy) is 1. The maximum absolute atomic E-state index is 11.0. The van der Waals surface area contributed by atoms with Crippen LogP contribution in [-0.4, -0.2) is 35.4 Å². The molecule has 0 radical (unpaired) electrons. The van der Waals surface area contributed by atoms with Gasteiger partial charge in [0.15, 0.2) is 0 Å². The second kappa shape index (κ2) is 7.08. The van der Waals surface area contributed by atoms with Crippen molar-refractivity contribution in [2.45, 2.75) is 19.8 Å². The highest BCUT2D eigenvalue weighted by atomic mass is 16.5. The summed E-state index contributed by atoms with van der Waals surface area (Å²) >= 11 is 0. The number of aliphatic hydroxyl groups is 1. The fraction of sp³-hybridized carbons (Fsp3) is 0.556. The molecule has 0 bridgehead atoms. The van der Waals surface area contributed by atoms with Gasteiger partial charge in [0.1, 0.15) is 0 Å². The summed E-state index contributed by atoms with van der Waals surface area (Å²) in [6.07, 6.45) is 1.94. The molecule has 0 saturated carbocycles. The number of carbonyl (C=O) groups is 2. The predicted molar refractivity (Wildman–Crippen MR) is 48.7 cm³/mol. The van der Waals surface area contributed by atoms with E-state index in [1.54, 1.807) is 0 Å². The second-order valence-corrected chi connectivity index (χ2v) is 2.73. The molecular weight excluding hydrogens is 188 g/mol. The number of aliphatic carboxylic acids is 1. The zero-order valence-corrected chi connectivity index (χ0v) is 8.02. The van der Waals surface area contributed by atoms with E-state index in [0.717, 1.165) is 6.08 Å². The number of unbranched alkanes of at least 4 members (excludes halogenated alkanes) is 1. The lowest BCUT2D eigenvalue weighted by Crippen LogP contribution is -2.08. The van der Waals surface area contributed by atoms with E-state index in [0.29, 0.717) is 12.8 Å². The standard InChI is InChI=1S/C9H14O5/c1-7(6-8(11)12)9(13)14-5-3-2-4-10/h6,10H,2-5H2,1H3,(H,11,12)/b7-6-. The highest BCUT2D eigenvalue weighted by molar-refractivity contribution is 5.95. The summed E-state index contributed by atoms with van der Waals surface area (Å²) in [6.45, 7) is 1.63. The van der Waals surface area contributed by atoms with Gasteiger partial charge in [-0.3, -0.25) is 0 Å². The van der Waals surface area contributed by atoms with E-state index in [2.05, 4.69) is 0 Å². The zero-order chi connectivity index (χ0) is 11.0. The topological polar surface area (TPSA) is 83.8 Å². The molecule has 2 N–H and O–H groups in total. The Bertz CT molecular complexity index is 231. The molecule has 0 aliphatic heterocycles. The normalized spacial score (nSPS) is 11.1. The maximum atomic E-state index is 11.0. The molecule has 0 atom stereocenters. The molecule has 0 aliphatic rings. The van der Waals surface area contributed by atoms with Crippen molar-refractivity contribution >= 4 is 11.9 Å². The van der Waals surface area contributed by atoms with E-state index >= 15 is 0 Å². The third-order valence-corrected chi connectivity index (χ3v) is 1.45. The van der Waals surface area contributed by atoms with Crippen LogP contribution >= 0.6 is 0 Å². The molecule has 0 spiro atoms. The van der Waals surface area contributed by atoms with E-state index in [4.69, 9.17) is 14.9 Å². The summed E-state index contributed by atoms with van der Waals surface area (Å²) < 4.78 is 4.73. The highest BCUT2D eigenvalue weighted by Crippen LogP contribution is 1.98. The largest absolute Gasteiger partial charge is 0.478 e. The van der Waals surface area contributed by atoms with Gasteiger partial charge in [0.05, 0.1) is 6.61 Å². The van der Waals surface area contributed by atoms with Crippen molar-refractivity contribution in [2.75, 3.05) is 13.2 Å². The number of aliphatic hydroxyl groups excluding tert-OH is 1. The monoisotopic (exact) mass is 202 g/mol. The first-order valence-corrected chi connectivity index (χ1v) is 4.27. The Balaban J connectivity index is 3.79. The Hall–Kier alpha value is -1.36. The summed E-state index contributed by atoms with van der Waals surface area (Å²) in [5.41, 5.74) is 0.0569. The van der Waals surface area contributed by atoms with Gasteiger partial charge < -0.3 is 14.9 Å². The van der Waals surface area contributed by atoms with E-state index in [1.165, 1.54) is 6.92 Å². The molecule has 0 amide bonds. The minimum atomic E-state index is -1.17. The summed E-state index contributed by atoms with van der Waals surface area (Å²) in [4.78, 5) is 21.2. The minimum Gasteiger partial charge on any atom is -0.478 e. The maximum Gasteiger partial charge on any atom is 0.333 e. The first-order valence-electron chi connectivity index (χ1n) is 4.27. The van der Waals surface area contributed by atoms with Crippen LogP contribution in [0.15, 0.2) is 11.6 Å². The number of esters is 1. The number of hydrogen-bond donors (Lipinski definition) is 2. The summed E-state index contributed by atoms with van der Waals surface area (Å²) in [5.74, 6) is -1.81. The highest BCUT2D eigenvalue weighted by Gasteiger charge is 2.06. The lowest BCUT2D eigenvalue weighted by atomic mass is 10.3. The van der Waals surface area contributed by atoms with Crippen molar-refractivity contribution in [1.82, 2.24) is 0 Å². The molecule has 5 heteroatoms. The molecule has 0 aromatic heterocycles. The van der Waals surface area contributed by atoms with E-state index in [-0.39, 0.29) is 18.8 Å². The Morgan fingerprint density at radius 1 is 1.36 bits per heavy atom. The minimum absolute atomic E-state index is 0.0569. The summed E-state index contributed by atoms with van der Waals surface area (Å²) in [7, 11) is 0. The molecule has 0 aromatic rings. The van der Waals surface area contributed by atoms with Gasteiger partial charge in [0.25, 0.3) is 0 Å². The van der Waals surface area contributed by atoms with Crippen LogP contribution in [0.4, 0.5) is 0 Å². The van der Waals surface area contributed by atoms with Gasteiger partial charge in [0.2, 0.25) is 0 Å². The SMILES string of the molecule is C/C(=C/C(=O)O)C(=O)OCCCCO. The quantitative estimate of drug-likeness (QED) is 0.368. The van der Waals surface area contributed by atoms with Crippen molar-refractivity contribution in [3.05, 3.63) is 11.6 Å². The number of carboxylic acid groups (broad SMARTS) is 1. The fourth-order valence-corrected chi connectivity index (χ4v) is 0.737. The van der Waals surface area contributed by atoms with Crippen molar-refractivity contribution in [3.63, 3.8) is 0 Å². The molecule has 0 saturated heterocycles. The number of hydrogen-bond acceptors (Lipinski definition) is 4. The van der Waals surface area contributed by atoms with Crippen molar-refractivity contribution in [3.8, 4) is 0 Å². The van der Waals surface area contributed by atoms with Crippen molar-refractivity contribution < 1.29 is 24.5 Å². The van der Waals surface area contributed by atoms with Crippen LogP contribution in [0.3, 0.4) is 0 Å². The molecule has 0 fully saturated rings. The van der Waals surface area contributed by atoms with Crippen LogP contribution in [-0.2, 0) is 14.3 Å². The van der Waals surface area contributed by atoms with Gasteiger partial charge in [-0.2, -0.15) is 0 Å². The average Bonchev–Trinajstić information content (AvgIpc) is 2.11. The van der Waals surface area contributed by atoms with Gasteiger partial charge in [0, 0.05) is 18.3 Å². The molecule has 0 aromatic carbocycles. The van der Waals surface area contributed by atoms with Crippen LogP contribution in [0.25, 0.3) is 0 Å². The van der Waals surface area contributed by atoms with E-state index in [9.17, 15) is 9.59 Å². The fourth-order valence-electron chi connectivity index (χ4n) is 0.737. The molecule has 0 aliphatic carbocycles. The van der Waals surface area contributed by atoms with E-state index in [1.807, 2.05) is 0 Å². The van der Waals surface area contributed by atoms with E-state index < -0.39 is 11.9 Å². The van der Waals surface area contributed by atoms with Crippen LogP contribution in [0.2, 0.25) is 0 Å². The predicted octanol–water partition coefficient (Wildman–Crippen LogP) is 0.333. The molecule has 0 heterocycles. The smallest absolute Gasteiger partial charge is 0.333 e. The first-order chi connectivity index (χ1) is 6.57. The Morgan fingerprint density at radius 2 is 2.00 bits per heavy atom. The van der Waals surface area contributed by atoms with Crippen LogP contribution < -0.4 is 0 Å². The molecule has 0 rings (SSSR count). The molecule has 5 nitrogen and oxygen atoms in total. The molecular formula is C9H14O5.